The third-order valence-electron chi connectivity index (χ3n) is 4.36. The van der Waals surface area contributed by atoms with Crippen LogP contribution in [0.15, 0.2) is 34.1 Å². The van der Waals surface area contributed by atoms with E-state index in [0.717, 1.165) is 21.4 Å². The molecule has 0 saturated carbocycles. The molecule has 0 aliphatic rings. The third-order valence-corrected chi connectivity index (χ3v) is 5.99. The number of amides is 3. The fourth-order valence-corrected chi connectivity index (χ4v) is 4.00. The molecule has 0 fully saturated rings. The van der Waals surface area contributed by atoms with Gasteiger partial charge in [-0.1, -0.05) is 13.8 Å². The molecule has 1 aromatic carbocycles. The van der Waals surface area contributed by atoms with Gasteiger partial charge in [-0.25, -0.2) is 0 Å². The van der Waals surface area contributed by atoms with Gasteiger partial charge in [0.05, 0.1) is 15.3 Å². The van der Waals surface area contributed by atoms with Crippen LogP contribution in [0.4, 0.5) is 11.4 Å². The summed E-state index contributed by atoms with van der Waals surface area (Å²) in [7, 11) is 0. The largest absolute Gasteiger partial charge is 0.380 e. The molecule has 0 atom stereocenters. The van der Waals surface area contributed by atoms with E-state index in [-0.39, 0.29) is 11.8 Å². The number of hydrogen-bond donors (Lipinski definition) is 2. The highest BCUT2D eigenvalue weighted by Crippen LogP contribution is 2.25. The van der Waals surface area contributed by atoms with Crippen molar-refractivity contribution < 1.29 is 19.1 Å². The lowest BCUT2D eigenvalue weighted by atomic mass is 10.0. The van der Waals surface area contributed by atoms with Crippen LogP contribution in [0.25, 0.3) is 0 Å². The summed E-state index contributed by atoms with van der Waals surface area (Å²) in [5.74, 6) is -0.657. The van der Waals surface area contributed by atoms with E-state index in [4.69, 9.17) is 4.74 Å². The normalized spacial score (nSPS) is 10.6. The monoisotopic (exact) mass is 525 g/mol. The zero-order valence-electron chi connectivity index (χ0n) is 19.5. The minimum Gasteiger partial charge on any atom is -0.380 e. The predicted octanol–water partition coefficient (Wildman–Crippen LogP) is 4.99. The van der Waals surface area contributed by atoms with Gasteiger partial charge in [-0.3, -0.25) is 14.4 Å². The van der Waals surface area contributed by atoms with Gasteiger partial charge in [0, 0.05) is 24.5 Å². The number of rotatable bonds is 10. The molecule has 0 bridgehead atoms. The molecule has 0 aliphatic heterocycles. The van der Waals surface area contributed by atoms with E-state index in [2.05, 4.69) is 26.6 Å². The second-order valence-corrected chi connectivity index (χ2v) is 9.60. The molecule has 9 heteroatoms. The van der Waals surface area contributed by atoms with Crippen LogP contribution in [-0.2, 0) is 14.3 Å². The Balaban J connectivity index is 0.00000249. The summed E-state index contributed by atoms with van der Waals surface area (Å²) in [6.45, 7) is 12.5. The smallest absolute Gasteiger partial charge is 0.262 e. The zero-order chi connectivity index (χ0) is 24.3. The van der Waals surface area contributed by atoms with Crippen LogP contribution in [0.1, 0.15) is 49.9 Å². The number of thiophene rings is 1. The van der Waals surface area contributed by atoms with Gasteiger partial charge in [0.25, 0.3) is 5.91 Å². The highest BCUT2D eigenvalue weighted by Gasteiger charge is 2.30. The van der Waals surface area contributed by atoms with Gasteiger partial charge >= 0.3 is 0 Å². The molecule has 0 aliphatic carbocycles. The Morgan fingerprint density at radius 1 is 1.22 bits per heavy atom. The standard InChI is InChI=1S/C21H26BrN3O4S.C2H6/c1-5-29-11-10-25(13-26)16-7-6-15(12-14(16)2)23-20(28)21(3,4)24-19(27)17-8-9-18(22)30-17;1-2/h6-9,12-13H,5,10-11H2,1-4H3,(H,23,28)(H,24,27);1-2H3. The molecular weight excluding hydrogens is 494 g/mol. The molecule has 0 saturated heterocycles. The van der Waals surface area contributed by atoms with Crippen molar-refractivity contribution in [2.75, 3.05) is 30.0 Å². The van der Waals surface area contributed by atoms with E-state index < -0.39 is 5.54 Å². The molecule has 3 amide bonds. The Morgan fingerprint density at radius 3 is 2.44 bits per heavy atom. The van der Waals surface area contributed by atoms with Gasteiger partial charge in [-0.05, 0) is 79.5 Å². The predicted molar refractivity (Wildman–Crippen MR) is 135 cm³/mol. The van der Waals surface area contributed by atoms with Crippen LogP contribution in [0.2, 0.25) is 0 Å². The molecule has 0 unspecified atom stereocenters. The van der Waals surface area contributed by atoms with Crippen molar-refractivity contribution in [3.8, 4) is 0 Å². The van der Waals surface area contributed by atoms with E-state index >= 15 is 0 Å². The highest BCUT2D eigenvalue weighted by molar-refractivity contribution is 9.11. The number of carbonyl (C=O) groups excluding carboxylic acids is 3. The van der Waals surface area contributed by atoms with Crippen LogP contribution >= 0.6 is 27.3 Å². The molecule has 176 valence electrons. The number of ether oxygens (including phenoxy) is 1. The molecule has 0 radical (unpaired) electrons. The number of benzene rings is 1. The van der Waals surface area contributed by atoms with Crippen molar-refractivity contribution in [2.24, 2.45) is 0 Å². The van der Waals surface area contributed by atoms with Crippen LogP contribution in [0, 0.1) is 6.92 Å². The maximum absolute atomic E-state index is 12.8. The summed E-state index contributed by atoms with van der Waals surface area (Å²) in [5, 5.41) is 5.59. The van der Waals surface area contributed by atoms with Gasteiger partial charge in [0.15, 0.2) is 0 Å². The Labute approximate surface area is 202 Å². The average Bonchev–Trinajstić information content (AvgIpc) is 3.20. The SMILES string of the molecule is CC.CCOCCN(C=O)c1ccc(NC(=O)C(C)(C)NC(=O)c2ccc(Br)s2)cc1C. The van der Waals surface area contributed by atoms with Crippen LogP contribution in [-0.4, -0.2) is 43.5 Å². The van der Waals surface area contributed by atoms with Gasteiger partial charge in [0.1, 0.15) is 5.54 Å². The number of nitrogens with zero attached hydrogens (tertiary/aromatic N) is 1. The van der Waals surface area contributed by atoms with Crippen molar-refractivity contribution in [3.63, 3.8) is 0 Å². The molecule has 2 aromatic rings. The third kappa shape index (κ3) is 8.03. The molecule has 32 heavy (non-hydrogen) atoms. The summed E-state index contributed by atoms with van der Waals surface area (Å²) < 4.78 is 6.16. The first-order valence-electron chi connectivity index (χ1n) is 10.5. The first kappa shape index (κ1) is 27.8. The highest BCUT2D eigenvalue weighted by atomic mass is 79.9. The summed E-state index contributed by atoms with van der Waals surface area (Å²) in [4.78, 5) is 38.7. The van der Waals surface area contributed by atoms with Crippen LogP contribution in [0.3, 0.4) is 0 Å². The van der Waals surface area contributed by atoms with E-state index in [1.54, 1.807) is 49.1 Å². The fourth-order valence-electron chi connectivity index (χ4n) is 2.72. The number of nitrogens with one attached hydrogen (secondary N) is 2. The van der Waals surface area contributed by atoms with Crippen molar-refractivity contribution in [1.82, 2.24) is 5.32 Å². The number of anilines is 2. The van der Waals surface area contributed by atoms with Crippen molar-refractivity contribution in [1.29, 1.82) is 0 Å². The molecular formula is C23H32BrN3O4S. The van der Waals surface area contributed by atoms with Gasteiger partial charge in [-0.15, -0.1) is 11.3 Å². The maximum Gasteiger partial charge on any atom is 0.262 e. The van der Waals surface area contributed by atoms with Crippen molar-refractivity contribution in [2.45, 2.75) is 47.1 Å². The second-order valence-electron chi connectivity index (χ2n) is 7.13. The average molecular weight is 526 g/mol. The topological polar surface area (TPSA) is 87.7 Å². The summed E-state index contributed by atoms with van der Waals surface area (Å²) in [5.41, 5.74) is 1.05. The quantitative estimate of drug-likeness (QED) is 0.337. The molecule has 0 spiro atoms. The van der Waals surface area contributed by atoms with Gasteiger partial charge in [-0.2, -0.15) is 0 Å². The van der Waals surface area contributed by atoms with E-state index in [0.29, 0.717) is 30.3 Å². The van der Waals surface area contributed by atoms with Crippen LogP contribution < -0.4 is 15.5 Å². The Morgan fingerprint density at radius 2 is 1.91 bits per heavy atom. The van der Waals surface area contributed by atoms with Crippen molar-refractivity contribution >= 4 is 56.9 Å². The molecule has 1 heterocycles. The molecule has 2 N–H and O–H groups in total. The first-order chi connectivity index (χ1) is 15.2. The number of hydrogen-bond acceptors (Lipinski definition) is 5. The lowest BCUT2D eigenvalue weighted by Gasteiger charge is -2.25. The zero-order valence-corrected chi connectivity index (χ0v) is 21.9. The van der Waals surface area contributed by atoms with E-state index in [1.807, 2.05) is 27.7 Å². The minimum absolute atomic E-state index is 0.312. The maximum atomic E-state index is 12.8. The summed E-state index contributed by atoms with van der Waals surface area (Å²) >= 11 is 4.62. The Hall–Kier alpha value is -2.23. The molecule has 2 rings (SSSR count). The molecule has 7 nitrogen and oxygen atoms in total. The van der Waals surface area contributed by atoms with Gasteiger partial charge < -0.3 is 20.3 Å². The number of aryl methyl sites for hydroxylation is 1. The van der Waals surface area contributed by atoms with Crippen LogP contribution in [0.5, 0.6) is 0 Å². The number of halogens is 1. The minimum atomic E-state index is -1.12. The Kier molecular flexibility index (Phi) is 11.6. The lowest BCUT2D eigenvalue weighted by molar-refractivity contribution is -0.121. The lowest BCUT2D eigenvalue weighted by Crippen LogP contribution is -2.52. The second kappa shape index (κ2) is 13.3. The summed E-state index contributed by atoms with van der Waals surface area (Å²) in [6, 6.07) is 8.78. The van der Waals surface area contributed by atoms with Gasteiger partial charge in [0.2, 0.25) is 12.3 Å². The van der Waals surface area contributed by atoms with E-state index in [1.165, 1.54) is 11.3 Å². The van der Waals surface area contributed by atoms with Crippen molar-refractivity contribution in [3.05, 3.63) is 44.6 Å². The summed E-state index contributed by atoms with van der Waals surface area (Å²) in [6.07, 6.45) is 0.765. The Bertz CT molecular complexity index is 914. The number of carbonyl (C=O) groups is 3. The molecule has 1 aromatic heterocycles. The first-order valence-corrected chi connectivity index (χ1v) is 12.1. The fraction of sp³-hybridized carbons (Fsp3) is 0.435. The van der Waals surface area contributed by atoms with E-state index in [9.17, 15) is 14.4 Å².